The van der Waals surface area contributed by atoms with Crippen molar-refractivity contribution >= 4 is 15.9 Å². The minimum atomic E-state index is -0.209. The average molecular weight is 243 g/mol. The zero-order valence-electron chi connectivity index (χ0n) is 7.61. The molecule has 70 valence electrons. The van der Waals surface area contributed by atoms with E-state index in [9.17, 15) is 4.39 Å². The first-order valence-electron chi connectivity index (χ1n) is 4.18. The molecule has 0 aromatic heterocycles. The van der Waals surface area contributed by atoms with Gasteiger partial charge in [0, 0.05) is 0 Å². The molecule has 0 atom stereocenters. The van der Waals surface area contributed by atoms with Crippen LogP contribution in [0.5, 0.6) is 0 Å². The molecule has 0 heterocycles. The van der Waals surface area contributed by atoms with Crippen LogP contribution in [0.1, 0.15) is 18.9 Å². The first-order chi connectivity index (χ1) is 6.09. The van der Waals surface area contributed by atoms with E-state index in [0.29, 0.717) is 4.47 Å². The SMILES string of the molecule is C=C(C)CCc1ccc(F)c(Br)c1. The van der Waals surface area contributed by atoms with Gasteiger partial charge < -0.3 is 0 Å². The Morgan fingerprint density at radius 3 is 2.77 bits per heavy atom. The lowest BCUT2D eigenvalue weighted by molar-refractivity contribution is 0.620. The molecule has 0 amide bonds. The molecule has 0 saturated carbocycles. The molecule has 1 aromatic carbocycles. The predicted octanol–water partition coefficient (Wildman–Crippen LogP) is 4.10. The minimum absolute atomic E-state index is 0.209. The third-order valence-corrected chi connectivity index (χ3v) is 2.43. The monoisotopic (exact) mass is 242 g/mol. The van der Waals surface area contributed by atoms with Crippen molar-refractivity contribution in [2.45, 2.75) is 19.8 Å². The number of hydrogen-bond acceptors (Lipinski definition) is 0. The highest BCUT2D eigenvalue weighted by Crippen LogP contribution is 2.18. The smallest absolute Gasteiger partial charge is 0.137 e. The summed E-state index contributed by atoms with van der Waals surface area (Å²) in [5.41, 5.74) is 2.29. The third-order valence-electron chi connectivity index (χ3n) is 1.82. The Kier molecular flexibility index (Phi) is 3.67. The highest BCUT2D eigenvalue weighted by Gasteiger charge is 1.99. The van der Waals surface area contributed by atoms with Crippen LogP contribution in [0.25, 0.3) is 0 Å². The van der Waals surface area contributed by atoms with E-state index >= 15 is 0 Å². The topological polar surface area (TPSA) is 0 Å². The first kappa shape index (κ1) is 10.5. The van der Waals surface area contributed by atoms with Gasteiger partial charge in [-0.15, -0.1) is 6.58 Å². The van der Waals surface area contributed by atoms with Crippen LogP contribution in [0.3, 0.4) is 0 Å². The Hall–Kier alpha value is -0.630. The second-order valence-electron chi connectivity index (χ2n) is 3.21. The zero-order valence-corrected chi connectivity index (χ0v) is 9.20. The fourth-order valence-electron chi connectivity index (χ4n) is 1.05. The van der Waals surface area contributed by atoms with Crippen molar-refractivity contribution in [1.82, 2.24) is 0 Å². The number of allylic oxidation sites excluding steroid dienone is 1. The maximum atomic E-state index is 12.8. The van der Waals surface area contributed by atoms with Gasteiger partial charge in [0.15, 0.2) is 0 Å². The standard InChI is InChI=1S/C11H12BrF/c1-8(2)3-4-9-5-6-11(13)10(12)7-9/h5-7H,1,3-4H2,2H3. The van der Waals surface area contributed by atoms with Gasteiger partial charge in [0.2, 0.25) is 0 Å². The van der Waals surface area contributed by atoms with Gasteiger partial charge in [0.1, 0.15) is 5.82 Å². The summed E-state index contributed by atoms with van der Waals surface area (Å²) in [5.74, 6) is -0.209. The van der Waals surface area contributed by atoms with E-state index in [-0.39, 0.29) is 5.82 Å². The van der Waals surface area contributed by atoms with Crippen LogP contribution in [0.4, 0.5) is 4.39 Å². The van der Waals surface area contributed by atoms with Crippen molar-refractivity contribution in [3.05, 3.63) is 46.2 Å². The highest BCUT2D eigenvalue weighted by molar-refractivity contribution is 9.10. The van der Waals surface area contributed by atoms with Crippen LogP contribution in [-0.4, -0.2) is 0 Å². The van der Waals surface area contributed by atoms with Gasteiger partial charge in [-0.2, -0.15) is 0 Å². The molecule has 1 rings (SSSR count). The maximum Gasteiger partial charge on any atom is 0.137 e. The summed E-state index contributed by atoms with van der Waals surface area (Å²) in [5, 5.41) is 0. The average Bonchev–Trinajstić information content (AvgIpc) is 2.07. The Morgan fingerprint density at radius 1 is 1.54 bits per heavy atom. The van der Waals surface area contributed by atoms with Gasteiger partial charge in [0.05, 0.1) is 4.47 Å². The molecule has 0 bridgehead atoms. The molecular weight excluding hydrogens is 231 g/mol. The Labute approximate surface area is 86.6 Å². The normalized spacial score (nSPS) is 10.1. The molecule has 0 saturated heterocycles. The summed E-state index contributed by atoms with van der Waals surface area (Å²) < 4.78 is 13.4. The minimum Gasteiger partial charge on any atom is -0.206 e. The number of hydrogen-bond donors (Lipinski definition) is 0. The van der Waals surface area contributed by atoms with Crippen LogP contribution in [0.2, 0.25) is 0 Å². The van der Waals surface area contributed by atoms with Crippen molar-refractivity contribution < 1.29 is 4.39 Å². The van der Waals surface area contributed by atoms with Crippen molar-refractivity contribution in [3.63, 3.8) is 0 Å². The van der Waals surface area contributed by atoms with Crippen LogP contribution >= 0.6 is 15.9 Å². The van der Waals surface area contributed by atoms with Crippen LogP contribution < -0.4 is 0 Å². The lowest BCUT2D eigenvalue weighted by atomic mass is 10.1. The molecule has 0 aliphatic heterocycles. The molecule has 0 spiro atoms. The first-order valence-corrected chi connectivity index (χ1v) is 4.97. The summed E-state index contributed by atoms with van der Waals surface area (Å²) in [7, 11) is 0. The van der Waals surface area contributed by atoms with E-state index in [1.165, 1.54) is 6.07 Å². The summed E-state index contributed by atoms with van der Waals surface area (Å²) in [6.45, 7) is 5.82. The van der Waals surface area contributed by atoms with Gasteiger partial charge in [-0.05, 0) is 53.4 Å². The lowest BCUT2D eigenvalue weighted by Crippen LogP contribution is -1.87. The third kappa shape index (κ3) is 3.31. The van der Waals surface area contributed by atoms with Crippen molar-refractivity contribution in [3.8, 4) is 0 Å². The molecule has 0 nitrogen and oxygen atoms in total. The fourth-order valence-corrected chi connectivity index (χ4v) is 1.48. The van der Waals surface area contributed by atoms with Crippen LogP contribution in [0, 0.1) is 5.82 Å². The Balaban J connectivity index is 2.68. The van der Waals surface area contributed by atoms with E-state index in [2.05, 4.69) is 22.5 Å². The van der Waals surface area contributed by atoms with Crippen molar-refractivity contribution in [2.24, 2.45) is 0 Å². The maximum absolute atomic E-state index is 12.8. The molecule has 13 heavy (non-hydrogen) atoms. The van der Waals surface area contributed by atoms with E-state index < -0.39 is 0 Å². The molecule has 0 N–H and O–H groups in total. The number of benzene rings is 1. The van der Waals surface area contributed by atoms with Gasteiger partial charge in [-0.3, -0.25) is 0 Å². The van der Waals surface area contributed by atoms with Gasteiger partial charge in [-0.1, -0.05) is 11.6 Å². The largest absolute Gasteiger partial charge is 0.206 e. The molecule has 1 aromatic rings. The quantitative estimate of drug-likeness (QED) is 0.701. The molecule has 2 heteroatoms. The van der Waals surface area contributed by atoms with Gasteiger partial charge in [-0.25, -0.2) is 4.39 Å². The van der Waals surface area contributed by atoms with E-state index in [1.807, 2.05) is 19.1 Å². The summed E-state index contributed by atoms with van der Waals surface area (Å²) in [6, 6.07) is 5.11. The number of aryl methyl sites for hydroxylation is 1. The van der Waals surface area contributed by atoms with Crippen molar-refractivity contribution in [2.75, 3.05) is 0 Å². The molecule has 0 fully saturated rings. The fraction of sp³-hybridized carbons (Fsp3) is 0.273. The molecule has 0 unspecified atom stereocenters. The molecule has 0 radical (unpaired) electrons. The van der Waals surface area contributed by atoms with Crippen LogP contribution in [-0.2, 0) is 6.42 Å². The zero-order chi connectivity index (χ0) is 9.84. The molecular formula is C11H12BrF. The summed E-state index contributed by atoms with van der Waals surface area (Å²) >= 11 is 3.16. The number of halogens is 2. The summed E-state index contributed by atoms with van der Waals surface area (Å²) in [6.07, 6.45) is 1.88. The molecule has 0 aliphatic rings. The summed E-state index contributed by atoms with van der Waals surface area (Å²) in [4.78, 5) is 0. The van der Waals surface area contributed by atoms with E-state index in [4.69, 9.17) is 0 Å². The highest BCUT2D eigenvalue weighted by atomic mass is 79.9. The van der Waals surface area contributed by atoms with Gasteiger partial charge in [0.25, 0.3) is 0 Å². The van der Waals surface area contributed by atoms with E-state index in [0.717, 1.165) is 24.0 Å². The predicted molar refractivity (Wildman–Crippen MR) is 57.2 cm³/mol. The lowest BCUT2D eigenvalue weighted by Gasteiger charge is -2.02. The Morgan fingerprint density at radius 2 is 2.23 bits per heavy atom. The molecule has 0 aliphatic carbocycles. The second-order valence-corrected chi connectivity index (χ2v) is 4.06. The van der Waals surface area contributed by atoms with E-state index in [1.54, 1.807) is 0 Å². The van der Waals surface area contributed by atoms with Crippen LogP contribution in [0.15, 0.2) is 34.8 Å². The van der Waals surface area contributed by atoms with Crippen molar-refractivity contribution in [1.29, 1.82) is 0 Å². The number of rotatable bonds is 3. The van der Waals surface area contributed by atoms with Gasteiger partial charge >= 0.3 is 0 Å². The Bertz CT molecular complexity index is 318. The second kappa shape index (κ2) is 4.56.